The zero-order chi connectivity index (χ0) is 18.8. The topological polar surface area (TPSA) is 52.0 Å². The maximum atomic E-state index is 12.6. The SMILES string of the molecule is Cc1ccc(NC(=O)C[NH+]2CCC[C@@H]2c2ccc3c(c2)OCCO3)c(C)c1. The van der Waals surface area contributed by atoms with E-state index in [0.29, 0.717) is 25.8 Å². The van der Waals surface area contributed by atoms with Crippen LogP contribution in [-0.2, 0) is 4.79 Å². The van der Waals surface area contributed by atoms with Crippen molar-refractivity contribution < 1.29 is 19.2 Å². The van der Waals surface area contributed by atoms with Crippen LogP contribution in [-0.4, -0.2) is 32.2 Å². The van der Waals surface area contributed by atoms with Gasteiger partial charge in [0.2, 0.25) is 0 Å². The second-order valence-corrected chi connectivity index (χ2v) is 7.55. The number of likely N-dealkylation sites (tertiary alicyclic amines) is 1. The molecule has 4 rings (SSSR count). The molecule has 27 heavy (non-hydrogen) atoms. The molecule has 0 saturated carbocycles. The van der Waals surface area contributed by atoms with Crippen molar-refractivity contribution >= 4 is 11.6 Å². The first-order valence-electron chi connectivity index (χ1n) is 9.71. The number of nitrogens with one attached hydrogen (secondary N) is 2. The van der Waals surface area contributed by atoms with E-state index in [9.17, 15) is 4.79 Å². The molecule has 0 bridgehead atoms. The first-order chi connectivity index (χ1) is 13.1. The lowest BCUT2D eigenvalue weighted by atomic mass is 10.0. The summed E-state index contributed by atoms with van der Waals surface area (Å²) in [5.41, 5.74) is 4.43. The molecule has 5 nitrogen and oxygen atoms in total. The van der Waals surface area contributed by atoms with E-state index < -0.39 is 0 Å². The predicted octanol–water partition coefficient (Wildman–Crippen LogP) is 2.43. The van der Waals surface area contributed by atoms with E-state index in [2.05, 4.69) is 30.4 Å². The van der Waals surface area contributed by atoms with Crippen LogP contribution in [0.25, 0.3) is 0 Å². The minimum atomic E-state index is 0.0707. The molecule has 1 unspecified atom stereocenters. The summed E-state index contributed by atoms with van der Waals surface area (Å²) >= 11 is 0. The molecule has 2 N–H and O–H groups in total. The highest BCUT2D eigenvalue weighted by Crippen LogP contribution is 2.33. The van der Waals surface area contributed by atoms with Gasteiger partial charge in [0.05, 0.1) is 6.54 Å². The van der Waals surface area contributed by atoms with Gasteiger partial charge in [-0.25, -0.2) is 0 Å². The zero-order valence-corrected chi connectivity index (χ0v) is 16.0. The number of ether oxygens (including phenoxy) is 2. The number of benzene rings is 2. The summed E-state index contributed by atoms with van der Waals surface area (Å²) in [7, 11) is 0. The average Bonchev–Trinajstić information content (AvgIpc) is 3.11. The highest BCUT2D eigenvalue weighted by Gasteiger charge is 2.32. The van der Waals surface area contributed by atoms with E-state index in [1.807, 2.05) is 25.1 Å². The van der Waals surface area contributed by atoms with Crippen molar-refractivity contribution in [2.75, 3.05) is 31.6 Å². The Hall–Kier alpha value is -2.53. The number of aryl methyl sites for hydroxylation is 2. The maximum Gasteiger partial charge on any atom is 0.279 e. The van der Waals surface area contributed by atoms with Crippen molar-refractivity contribution in [3.63, 3.8) is 0 Å². The number of quaternary nitrogens is 1. The monoisotopic (exact) mass is 367 g/mol. The van der Waals surface area contributed by atoms with Gasteiger partial charge >= 0.3 is 0 Å². The number of carbonyl (C=O) groups excluding carboxylic acids is 1. The van der Waals surface area contributed by atoms with E-state index in [-0.39, 0.29) is 5.91 Å². The fourth-order valence-electron chi connectivity index (χ4n) is 4.16. The van der Waals surface area contributed by atoms with Gasteiger partial charge in [-0.2, -0.15) is 0 Å². The Balaban J connectivity index is 1.44. The molecule has 1 amide bonds. The van der Waals surface area contributed by atoms with Crippen LogP contribution in [0, 0.1) is 13.8 Å². The van der Waals surface area contributed by atoms with Crippen molar-refractivity contribution in [2.45, 2.75) is 32.7 Å². The number of hydrogen-bond donors (Lipinski definition) is 2. The Bertz CT molecular complexity index is 849. The second-order valence-electron chi connectivity index (χ2n) is 7.55. The second kappa shape index (κ2) is 7.61. The van der Waals surface area contributed by atoms with Crippen LogP contribution >= 0.6 is 0 Å². The lowest BCUT2D eigenvalue weighted by Gasteiger charge is -2.24. The predicted molar refractivity (Wildman–Crippen MR) is 105 cm³/mol. The molecule has 0 aliphatic carbocycles. The molecule has 2 atom stereocenters. The largest absolute Gasteiger partial charge is 0.486 e. The molecular formula is C22H27N2O3+. The minimum absolute atomic E-state index is 0.0707. The van der Waals surface area contributed by atoms with Gasteiger partial charge in [-0.05, 0) is 43.7 Å². The summed E-state index contributed by atoms with van der Waals surface area (Å²) < 4.78 is 11.4. The van der Waals surface area contributed by atoms with Crippen LogP contribution in [0.5, 0.6) is 11.5 Å². The number of anilines is 1. The van der Waals surface area contributed by atoms with Gasteiger partial charge in [0, 0.05) is 24.1 Å². The van der Waals surface area contributed by atoms with Crippen LogP contribution in [0.3, 0.4) is 0 Å². The van der Waals surface area contributed by atoms with E-state index in [4.69, 9.17) is 9.47 Å². The van der Waals surface area contributed by atoms with Gasteiger partial charge in [-0.15, -0.1) is 0 Å². The smallest absolute Gasteiger partial charge is 0.279 e. The number of fused-ring (bicyclic) bond motifs is 1. The molecule has 2 aromatic carbocycles. The molecule has 0 radical (unpaired) electrons. The lowest BCUT2D eigenvalue weighted by Crippen LogP contribution is -3.11. The van der Waals surface area contributed by atoms with E-state index in [1.165, 1.54) is 16.0 Å². The number of hydrogen-bond acceptors (Lipinski definition) is 3. The molecule has 142 valence electrons. The molecule has 2 aromatic rings. The van der Waals surface area contributed by atoms with E-state index in [0.717, 1.165) is 42.1 Å². The van der Waals surface area contributed by atoms with Gasteiger partial charge in [-0.3, -0.25) is 4.79 Å². The fourth-order valence-corrected chi connectivity index (χ4v) is 4.16. The third-order valence-electron chi connectivity index (χ3n) is 5.50. The molecule has 2 heterocycles. The van der Waals surface area contributed by atoms with Crippen molar-refractivity contribution in [3.05, 3.63) is 53.1 Å². The number of amides is 1. The Morgan fingerprint density at radius 1 is 1.11 bits per heavy atom. The van der Waals surface area contributed by atoms with Crippen LogP contribution in [0.4, 0.5) is 5.69 Å². The number of rotatable bonds is 4. The summed E-state index contributed by atoms with van der Waals surface area (Å²) in [6.45, 7) is 6.78. The van der Waals surface area contributed by atoms with Crippen LogP contribution in [0.15, 0.2) is 36.4 Å². The van der Waals surface area contributed by atoms with Crippen molar-refractivity contribution in [2.24, 2.45) is 0 Å². The zero-order valence-electron chi connectivity index (χ0n) is 16.0. The molecule has 0 spiro atoms. The standard InChI is InChI=1S/C22H26N2O3/c1-15-5-7-18(16(2)12-15)23-22(25)14-24-9-3-4-19(24)17-6-8-20-21(13-17)27-11-10-26-20/h5-8,12-13,19H,3-4,9-11,14H2,1-2H3,(H,23,25)/p+1/t19-/m1/s1. The molecule has 5 heteroatoms. The Morgan fingerprint density at radius 2 is 1.93 bits per heavy atom. The molecule has 1 saturated heterocycles. The van der Waals surface area contributed by atoms with Gasteiger partial charge < -0.3 is 19.7 Å². The molecule has 2 aliphatic heterocycles. The summed E-state index contributed by atoms with van der Waals surface area (Å²) in [5.74, 6) is 1.71. The van der Waals surface area contributed by atoms with E-state index in [1.54, 1.807) is 0 Å². The minimum Gasteiger partial charge on any atom is -0.486 e. The summed E-state index contributed by atoms with van der Waals surface area (Å²) in [6, 6.07) is 12.6. The van der Waals surface area contributed by atoms with Crippen LogP contribution in [0.1, 0.15) is 35.6 Å². The normalized spacial score (nSPS) is 21.1. The summed E-state index contributed by atoms with van der Waals surface area (Å²) in [4.78, 5) is 14.0. The van der Waals surface area contributed by atoms with Crippen molar-refractivity contribution in [1.82, 2.24) is 0 Å². The molecule has 2 aliphatic rings. The van der Waals surface area contributed by atoms with Gasteiger partial charge in [0.25, 0.3) is 5.91 Å². The Kier molecular flexibility index (Phi) is 5.03. The third-order valence-corrected chi connectivity index (χ3v) is 5.50. The molecule has 0 aromatic heterocycles. The molecular weight excluding hydrogens is 340 g/mol. The Labute approximate surface area is 160 Å². The average molecular weight is 367 g/mol. The first kappa shape index (κ1) is 17.9. The third kappa shape index (κ3) is 3.93. The lowest BCUT2D eigenvalue weighted by molar-refractivity contribution is -0.910. The highest BCUT2D eigenvalue weighted by atomic mass is 16.6. The maximum absolute atomic E-state index is 12.6. The van der Waals surface area contributed by atoms with Crippen molar-refractivity contribution in [1.29, 1.82) is 0 Å². The first-order valence-corrected chi connectivity index (χ1v) is 9.71. The highest BCUT2D eigenvalue weighted by molar-refractivity contribution is 5.92. The summed E-state index contributed by atoms with van der Waals surface area (Å²) in [6.07, 6.45) is 2.22. The number of carbonyl (C=O) groups is 1. The molecule has 1 fully saturated rings. The Morgan fingerprint density at radius 3 is 2.74 bits per heavy atom. The summed E-state index contributed by atoms with van der Waals surface area (Å²) in [5, 5.41) is 3.08. The fraction of sp³-hybridized carbons (Fsp3) is 0.409. The van der Waals surface area contributed by atoms with E-state index >= 15 is 0 Å². The van der Waals surface area contributed by atoms with Crippen molar-refractivity contribution in [3.8, 4) is 11.5 Å². The van der Waals surface area contributed by atoms with Crippen LogP contribution < -0.4 is 19.7 Å². The van der Waals surface area contributed by atoms with Gasteiger partial charge in [-0.1, -0.05) is 17.7 Å². The van der Waals surface area contributed by atoms with Gasteiger partial charge in [0.15, 0.2) is 18.0 Å². The quantitative estimate of drug-likeness (QED) is 0.873. The van der Waals surface area contributed by atoms with Gasteiger partial charge in [0.1, 0.15) is 19.3 Å². The van der Waals surface area contributed by atoms with Crippen LogP contribution in [0.2, 0.25) is 0 Å².